The van der Waals surface area contributed by atoms with Crippen molar-refractivity contribution in [2.24, 2.45) is 10.8 Å². The van der Waals surface area contributed by atoms with Crippen LogP contribution in [0.2, 0.25) is 0 Å². The van der Waals surface area contributed by atoms with Crippen molar-refractivity contribution in [2.75, 3.05) is 0 Å². The van der Waals surface area contributed by atoms with E-state index in [1.54, 1.807) is 0 Å². The van der Waals surface area contributed by atoms with Crippen LogP contribution in [-0.2, 0) is 12.0 Å². The van der Waals surface area contributed by atoms with Gasteiger partial charge in [0.15, 0.2) is 23.6 Å². The molecule has 0 saturated heterocycles. The summed E-state index contributed by atoms with van der Waals surface area (Å²) < 4.78 is 4.87. The van der Waals surface area contributed by atoms with Gasteiger partial charge < -0.3 is 0 Å². The van der Waals surface area contributed by atoms with Crippen LogP contribution in [0.3, 0.4) is 0 Å². The number of benzene rings is 1. The van der Waals surface area contributed by atoms with Crippen LogP contribution in [0, 0.1) is 10.8 Å². The van der Waals surface area contributed by atoms with Gasteiger partial charge in [-0.3, -0.25) is 0 Å². The van der Waals surface area contributed by atoms with Gasteiger partial charge in [-0.15, -0.1) is 0 Å². The largest absolute Gasteiger partial charge is 0.218 e. The van der Waals surface area contributed by atoms with E-state index in [9.17, 15) is 0 Å². The molecule has 0 bridgehead atoms. The van der Waals surface area contributed by atoms with Gasteiger partial charge in [-0.2, -0.15) is 9.13 Å². The topological polar surface area (TPSA) is 7.76 Å². The maximum Gasteiger partial charge on any atom is 0.218 e. The molecule has 0 radical (unpaired) electrons. The minimum absolute atomic E-state index is 0.00351. The van der Waals surface area contributed by atoms with Gasteiger partial charge in [0.1, 0.15) is 0 Å². The molecule has 2 aliphatic rings. The molecule has 0 amide bonds. The number of pyridine rings is 2. The summed E-state index contributed by atoms with van der Waals surface area (Å²) in [7, 11) is 0. The molecule has 33 heavy (non-hydrogen) atoms. The summed E-state index contributed by atoms with van der Waals surface area (Å²) in [5, 5.41) is 0. The van der Waals surface area contributed by atoms with Crippen molar-refractivity contribution in [3.63, 3.8) is 0 Å². The van der Waals surface area contributed by atoms with Gasteiger partial charge >= 0.3 is 0 Å². The smallest absolute Gasteiger partial charge is 0.192 e. The molecule has 2 atom stereocenters. The number of nitrogens with zero attached hydrogens (tertiary/aromatic N) is 2. The Morgan fingerprint density at radius 2 is 1.52 bits per heavy atom. The molecule has 5 rings (SSSR count). The van der Waals surface area contributed by atoms with E-state index >= 15 is 0 Å². The van der Waals surface area contributed by atoms with Crippen LogP contribution in [0.1, 0.15) is 58.7 Å². The lowest BCUT2D eigenvalue weighted by molar-refractivity contribution is -0.788. The number of allylic oxidation sites excluding steroid dienone is 3. The first-order valence-electron chi connectivity index (χ1n) is 12.2. The molecule has 1 aromatic carbocycles. The van der Waals surface area contributed by atoms with Crippen LogP contribution < -0.4 is 9.13 Å². The monoisotopic (exact) mass is 436 g/mol. The van der Waals surface area contributed by atoms with E-state index in [4.69, 9.17) is 0 Å². The lowest BCUT2D eigenvalue weighted by Gasteiger charge is -2.56. The number of fused-ring (bicyclic) bond motifs is 6. The summed E-state index contributed by atoms with van der Waals surface area (Å²) in [5.41, 5.74) is 7.73. The zero-order valence-corrected chi connectivity index (χ0v) is 20.7. The van der Waals surface area contributed by atoms with Crippen molar-refractivity contribution in [3.8, 4) is 11.3 Å². The molecule has 0 saturated carbocycles. The Hall–Kier alpha value is -3.00. The van der Waals surface area contributed by atoms with E-state index < -0.39 is 0 Å². The van der Waals surface area contributed by atoms with Crippen molar-refractivity contribution >= 4 is 11.3 Å². The van der Waals surface area contributed by atoms with Crippen molar-refractivity contribution < 1.29 is 9.13 Å². The highest BCUT2D eigenvalue weighted by molar-refractivity contribution is 5.68. The summed E-state index contributed by atoms with van der Waals surface area (Å²) in [6.45, 7) is 16.8. The Kier molecular flexibility index (Phi) is 4.97. The third-order valence-electron chi connectivity index (χ3n) is 9.13. The Labute approximate surface area is 198 Å². The second-order valence-electron chi connectivity index (χ2n) is 10.7. The average molecular weight is 437 g/mol. The molecule has 3 aromatic rings. The lowest BCUT2D eigenvalue weighted by Crippen LogP contribution is -2.72. The first-order valence-corrected chi connectivity index (χ1v) is 12.2. The molecular weight excluding hydrogens is 400 g/mol. The zero-order chi connectivity index (χ0) is 23.4. The van der Waals surface area contributed by atoms with E-state index in [1.165, 1.54) is 28.1 Å². The Morgan fingerprint density at radius 3 is 2.27 bits per heavy atom. The van der Waals surface area contributed by atoms with Gasteiger partial charge in [0, 0.05) is 53.2 Å². The zero-order valence-electron chi connectivity index (χ0n) is 20.7. The molecule has 2 heteroatoms. The first kappa shape index (κ1) is 21.8. The van der Waals surface area contributed by atoms with Crippen molar-refractivity contribution in [2.45, 2.75) is 59.4 Å². The van der Waals surface area contributed by atoms with Crippen molar-refractivity contribution in [3.05, 3.63) is 97.0 Å². The molecule has 2 aromatic heterocycles. The van der Waals surface area contributed by atoms with E-state index in [2.05, 4.69) is 129 Å². The minimum atomic E-state index is -0.136. The molecule has 168 valence electrons. The van der Waals surface area contributed by atoms with Crippen LogP contribution in [0.5, 0.6) is 0 Å². The van der Waals surface area contributed by atoms with E-state index in [0.717, 1.165) is 25.0 Å². The fourth-order valence-corrected chi connectivity index (χ4v) is 6.81. The highest BCUT2D eigenvalue weighted by atomic mass is 15.1. The Morgan fingerprint density at radius 1 is 0.848 bits per heavy atom. The molecule has 0 spiro atoms. The van der Waals surface area contributed by atoms with Crippen LogP contribution in [0.4, 0.5) is 0 Å². The average Bonchev–Trinajstić information content (AvgIpc) is 2.82. The van der Waals surface area contributed by atoms with Crippen molar-refractivity contribution in [1.29, 1.82) is 0 Å². The quantitative estimate of drug-likeness (QED) is 0.351. The van der Waals surface area contributed by atoms with E-state index in [0.29, 0.717) is 0 Å². The molecule has 0 N–H and O–H groups in total. The van der Waals surface area contributed by atoms with Gasteiger partial charge in [0.25, 0.3) is 0 Å². The van der Waals surface area contributed by atoms with Gasteiger partial charge in [0.05, 0.1) is 6.42 Å². The summed E-state index contributed by atoms with van der Waals surface area (Å²) >= 11 is 0. The first-order chi connectivity index (χ1) is 15.7. The van der Waals surface area contributed by atoms with Crippen molar-refractivity contribution in [1.82, 2.24) is 0 Å². The van der Waals surface area contributed by atoms with E-state index in [-0.39, 0.29) is 16.4 Å². The number of aromatic nitrogens is 2. The van der Waals surface area contributed by atoms with Gasteiger partial charge in [-0.05, 0) is 50.1 Å². The molecule has 2 nitrogen and oxygen atoms in total. The molecular formula is C31H36N2+2. The summed E-state index contributed by atoms with van der Waals surface area (Å²) in [4.78, 5) is 0. The minimum Gasteiger partial charge on any atom is -0.192 e. The predicted molar refractivity (Wildman–Crippen MR) is 136 cm³/mol. The van der Waals surface area contributed by atoms with Gasteiger partial charge in [0.2, 0.25) is 11.4 Å². The fourth-order valence-electron chi connectivity index (χ4n) is 6.81. The van der Waals surface area contributed by atoms with E-state index in [1.807, 2.05) is 0 Å². The van der Waals surface area contributed by atoms with Crippen LogP contribution in [0.25, 0.3) is 22.5 Å². The summed E-state index contributed by atoms with van der Waals surface area (Å²) in [6.07, 6.45) is 9.84. The van der Waals surface area contributed by atoms with Gasteiger partial charge in [-0.25, -0.2) is 0 Å². The molecule has 1 unspecified atom stereocenters. The highest BCUT2D eigenvalue weighted by Crippen LogP contribution is 2.61. The molecule has 2 aliphatic heterocycles. The Bertz CT molecular complexity index is 1280. The van der Waals surface area contributed by atoms with Crippen LogP contribution >= 0.6 is 0 Å². The SMILES string of the molecule is C=C1CC2(C)[n+]3ccccc3/C(=C/C)C(C)(C)[C@@]2(C)CCc2ccccc2-c2cccc[n+]21. The maximum absolute atomic E-state index is 4.66. The predicted octanol–water partition coefficient (Wildman–Crippen LogP) is 6.60. The standard InChI is InChI=1S/C31H36N2/c1-7-26-28-17-11-13-21-33(28)31(6)22-23(2)32-20-12-10-16-27(32)25-15-9-8-14-24(25)18-19-30(31,5)29(26,3)4/h7-17,20-21H,2,18-19,22H2,1,3-6H3/q+2/b26-7-/t30-,31?/m1/s1. The number of aryl methyl sites for hydroxylation is 1. The van der Waals surface area contributed by atoms with Crippen LogP contribution in [0.15, 0.2) is 85.7 Å². The fraction of sp³-hybridized carbons (Fsp3) is 0.355. The summed E-state index contributed by atoms with van der Waals surface area (Å²) in [6, 6.07) is 22.1. The highest BCUT2D eigenvalue weighted by Gasteiger charge is 2.65. The van der Waals surface area contributed by atoms with Crippen LogP contribution in [-0.4, -0.2) is 0 Å². The number of hydrogen-bond donors (Lipinski definition) is 0. The molecule has 0 aliphatic carbocycles. The molecule has 4 heterocycles. The Balaban J connectivity index is 1.82. The molecule has 0 fully saturated rings. The number of rotatable bonds is 0. The summed E-state index contributed by atoms with van der Waals surface area (Å²) in [5.74, 6) is 0. The third-order valence-corrected chi connectivity index (χ3v) is 9.13. The maximum atomic E-state index is 4.66. The normalized spacial score (nSPS) is 27.2. The number of hydrogen-bond acceptors (Lipinski definition) is 0. The second kappa shape index (κ2) is 7.52. The third kappa shape index (κ3) is 2.93. The second-order valence-corrected chi connectivity index (χ2v) is 10.7. The lowest BCUT2D eigenvalue weighted by atomic mass is 9.49. The van der Waals surface area contributed by atoms with Gasteiger partial charge in [-0.1, -0.05) is 45.0 Å².